The van der Waals surface area contributed by atoms with Crippen LogP contribution in [0, 0.1) is 0 Å². The second kappa shape index (κ2) is 7.50. The van der Waals surface area contributed by atoms with Crippen molar-refractivity contribution in [1.82, 2.24) is 4.90 Å². The van der Waals surface area contributed by atoms with Crippen LogP contribution >= 0.6 is 15.9 Å². The van der Waals surface area contributed by atoms with Gasteiger partial charge in [-0.15, -0.1) is 0 Å². The van der Waals surface area contributed by atoms with E-state index in [0.717, 1.165) is 10.9 Å². The monoisotopic (exact) mass is 328 g/mol. The molecule has 1 aromatic rings. The average Bonchev–Trinajstić information content (AvgIpc) is 2.38. The summed E-state index contributed by atoms with van der Waals surface area (Å²) >= 11 is 3.34. The maximum atomic E-state index is 12.6. The fraction of sp³-hybridized carbons (Fsp3) is 0.500. The highest BCUT2D eigenvalue weighted by Crippen LogP contribution is 2.21. The van der Waals surface area contributed by atoms with Gasteiger partial charge in [0.25, 0.3) is 5.91 Å². The summed E-state index contributed by atoms with van der Waals surface area (Å²) in [5, 5.41) is 0. The number of carbonyl (C=O) groups excluding carboxylic acids is 1. The van der Waals surface area contributed by atoms with Crippen LogP contribution in [0.15, 0.2) is 22.7 Å². The van der Waals surface area contributed by atoms with Crippen molar-refractivity contribution in [2.75, 3.05) is 26.0 Å². The van der Waals surface area contributed by atoms with Gasteiger partial charge in [-0.3, -0.25) is 4.79 Å². The second-order valence-electron chi connectivity index (χ2n) is 4.48. The van der Waals surface area contributed by atoms with Gasteiger partial charge in [0, 0.05) is 29.9 Å². The smallest absolute Gasteiger partial charge is 0.256 e. The number of nitrogens with zero attached hydrogens (tertiary/aromatic N) is 1. The van der Waals surface area contributed by atoms with E-state index in [1.165, 1.54) is 0 Å². The molecule has 0 aliphatic heterocycles. The Morgan fingerprint density at radius 3 is 2.74 bits per heavy atom. The minimum absolute atomic E-state index is 0.0450. The van der Waals surface area contributed by atoms with E-state index in [-0.39, 0.29) is 11.9 Å². The van der Waals surface area contributed by atoms with Crippen molar-refractivity contribution in [3.8, 4) is 0 Å². The molecule has 1 aromatic carbocycles. The molecular formula is C14H21BrN2O2. The number of hydrogen-bond donors (Lipinski definition) is 1. The summed E-state index contributed by atoms with van der Waals surface area (Å²) in [6, 6.07) is 5.49. The summed E-state index contributed by atoms with van der Waals surface area (Å²) in [6.45, 7) is 5.18. The quantitative estimate of drug-likeness (QED) is 0.817. The lowest BCUT2D eigenvalue weighted by Gasteiger charge is -2.29. The zero-order valence-corrected chi connectivity index (χ0v) is 13.2. The highest BCUT2D eigenvalue weighted by atomic mass is 79.9. The van der Waals surface area contributed by atoms with Gasteiger partial charge in [-0.2, -0.15) is 0 Å². The first-order valence-corrected chi connectivity index (χ1v) is 7.15. The largest absolute Gasteiger partial charge is 0.398 e. The van der Waals surface area contributed by atoms with Crippen molar-refractivity contribution in [2.24, 2.45) is 0 Å². The average molecular weight is 329 g/mol. The Kier molecular flexibility index (Phi) is 6.31. The van der Waals surface area contributed by atoms with Gasteiger partial charge in [-0.05, 0) is 31.5 Å². The Morgan fingerprint density at radius 1 is 1.53 bits per heavy atom. The summed E-state index contributed by atoms with van der Waals surface area (Å²) in [5.41, 5.74) is 6.95. The van der Waals surface area contributed by atoms with Crippen molar-refractivity contribution in [1.29, 1.82) is 0 Å². The normalized spacial score (nSPS) is 12.2. The molecule has 0 heterocycles. The van der Waals surface area contributed by atoms with Crippen LogP contribution in [0.5, 0.6) is 0 Å². The minimum Gasteiger partial charge on any atom is -0.398 e. The van der Waals surface area contributed by atoms with Crippen molar-refractivity contribution in [2.45, 2.75) is 26.3 Å². The van der Waals surface area contributed by atoms with Crippen LogP contribution < -0.4 is 5.73 Å². The van der Waals surface area contributed by atoms with Crippen molar-refractivity contribution in [3.63, 3.8) is 0 Å². The fourth-order valence-corrected chi connectivity index (χ4v) is 2.19. The first kappa shape index (κ1) is 16.0. The zero-order chi connectivity index (χ0) is 14.4. The molecule has 0 aliphatic carbocycles. The van der Waals surface area contributed by atoms with E-state index in [0.29, 0.717) is 24.4 Å². The third-order valence-corrected chi connectivity index (χ3v) is 3.66. The van der Waals surface area contributed by atoms with Crippen LogP contribution in [0.4, 0.5) is 5.69 Å². The lowest BCUT2D eigenvalue weighted by molar-refractivity contribution is 0.0615. The molecule has 0 bridgehead atoms. The summed E-state index contributed by atoms with van der Waals surface area (Å²) in [6.07, 6.45) is 0.895. The number of rotatable bonds is 6. The topological polar surface area (TPSA) is 55.6 Å². The third kappa shape index (κ3) is 4.21. The van der Waals surface area contributed by atoms with Crippen LogP contribution in [-0.2, 0) is 4.74 Å². The number of ether oxygens (including phenoxy) is 1. The molecule has 0 saturated heterocycles. The van der Waals surface area contributed by atoms with E-state index < -0.39 is 0 Å². The number of anilines is 1. The first-order chi connectivity index (χ1) is 9.01. The maximum Gasteiger partial charge on any atom is 0.256 e. The number of halogens is 1. The number of benzene rings is 1. The molecule has 0 aliphatic rings. The van der Waals surface area contributed by atoms with E-state index in [9.17, 15) is 4.79 Å². The second-order valence-corrected chi connectivity index (χ2v) is 5.40. The molecule has 1 amide bonds. The number of nitrogen functional groups attached to an aromatic ring is 1. The van der Waals surface area contributed by atoms with Crippen LogP contribution in [-0.4, -0.2) is 37.1 Å². The van der Waals surface area contributed by atoms with Gasteiger partial charge in [0.05, 0.1) is 12.2 Å². The highest BCUT2D eigenvalue weighted by molar-refractivity contribution is 9.10. The van der Waals surface area contributed by atoms with Gasteiger partial charge >= 0.3 is 0 Å². The van der Waals surface area contributed by atoms with E-state index in [1.807, 2.05) is 17.9 Å². The first-order valence-electron chi connectivity index (χ1n) is 6.36. The molecular weight excluding hydrogens is 308 g/mol. The molecule has 0 radical (unpaired) electrons. The number of hydrogen-bond acceptors (Lipinski definition) is 3. The lowest BCUT2D eigenvalue weighted by Crippen LogP contribution is -2.40. The maximum absolute atomic E-state index is 12.6. The van der Waals surface area contributed by atoms with Gasteiger partial charge < -0.3 is 15.4 Å². The molecule has 1 unspecified atom stereocenters. The molecule has 0 fully saturated rings. The van der Waals surface area contributed by atoms with Crippen LogP contribution in [0.3, 0.4) is 0 Å². The van der Waals surface area contributed by atoms with Gasteiger partial charge in [0.2, 0.25) is 0 Å². The van der Waals surface area contributed by atoms with E-state index in [4.69, 9.17) is 10.5 Å². The number of carbonyl (C=O) groups is 1. The molecule has 2 N–H and O–H groups in total. The SMILES string of the molecule is CCC(C)N(CCOC)C(=O)c1ccc(Br)cc1N. The Balaban J connectivity index is 2.97. The van der Waals surface area contributed by atoms with Gasteiger partial charge in [0.15, 0.2) is 0 Å². The standard InChI is InChI=1S/C14H21BrN2O2/c1-4-10(2)17(7-8-19-3)14(18)12-6-5-11(15)9-13(12)16/h5-6,9-10H,4,7-8,16H2,1-3H3. The van der Waals surface area contributed by atoms with E-state index in [2.05, 4.69) is 22.9 Å². The molecule has 19 heavy (non-hydrogen) atoms. The van der Waals surface area contributed by atoms with E-state index in [1.54, 1.807) is 19.2 Å². The lowest BCUT2D eigenvalue weighted by atomic mass is 10.1. The summed E-state index contributed by atoms with van der Waals surface area (Å²) in [7, 11) is 1.63. The molecule has 5 heteroatoms. The fourth-order valence-electron chi connectivity index (χ4n) is 1.82. The third-order valence-electron chi connectivity index (χ3n) is 3.16. The Bertz CT molecular complexity index is 437. The van der Waals surface area contributed by atoms with Crippen molar-refractivity contribution < 1.29 is 9.53 Å². The summed E-state index contributed by atoms with van der Waals surface area (Å²) < 4.78 is 5.94. The predicted molar refractivity (Wildman–Crippen MR) is 81.2 cm³/mol. The van der Waals surface area contributed by atoms with Crippen molar-refractivity contribution in [3.05, 3.63) is 28.2 Å². The van der Waals surface area contributed by atoms with Crippen LogP contribution in [0.25, 0.3) is 0 Å². The molecule has 0 spiro atoms. The Morgan fingerprint density at radius 2 is 2.21 bits per heavy atom. The summed E-state index contributed by atoms with van der Waals surface area (Å²) in [4.78, 5) is 14.4. The molecule has 1 rings (SSSR count). The van der Waals surface area contributed by atoms with Gasteiger partial charge in [0.1, 0.15) is 0 Å². The Hall–Kier alpha value is -1.07. The minimum atomic E-state index is -0.0450. The predicted octanol–water partition coefficient (Wildman–Crippen LogP) is 2.92. The number of amides is 1. The Labute approximate surface area is 123 Å². The number of methoxy groups -OCH3 is 1. The van der Waals surface area contributed by atoms with Crippen molar-refractivity contribution >= 4 is 27.5 Å². The molecule has 106 valence electrons. The zero-order valence-electron chi connectivity index (χ0n) is 11.6. The van der Waals surface area contributed by atoms with Crippen LogP contribution in [0.1, 0.15) is 30.6 Å². The van der Waals surface area contributed by atoms with Gasteiger partial charge in [-0.1, -0.05) is 22.9 Å². The van der Waals surface area contributed by atoms with Crippen LogP contribution in [0.2, 0.25) is 0 Å². The molecule has 1 atom stereocenters. The number of nitrogens with two attached hydrogens (primary N) is 1. The molecule has 0 saturated carbocycles. The molecule has 4 nitrogen and oxygen atoms in total. The van der Waals surface area contributed by atoms with Gasteiger partial charge in [-0.25, -0.2) is 0 Å². The van der Waals surface area contributed by atoms with E-state index >= 15 is 0 Å². The summed E-state index contributed by atoms with van der Waals surface area (Å²) in [5.74, 6) is -0.0450. The molecule has 0 aromatic heterocycles. The highest BCUT2D eigenvalue weighted by Gasteiger charge is 2.21.